The van der Waals surface area contributed by atoms with Crippen LogP contribution in [-0.2, 0) is 19.1 Å². The van der Waals surface area contributed by atoms with Crippen LogP contribution in [0.3, 0.4) is 0 Å². The van der Waals surface area contributed by atoms with Gasteiger partial charge in [-0.3, -0.25) is 19.8 Å². The molecule has 138 valence electrons. The number of urea groups is 1. The van der Waals surface area contributed by atoms with E-state index in [9.17, 15) is 19.2 Å². The Morgan fingerprint density at radius 2 is 1.80 bits per heavy atom. The second-order valence-corrected chi connectivity index (χ2v) is 7.26. The van der Waals surface area contributed by atoms with Crippen LogP contribution in [0.5, 0.6) is 0 Å². The number of imide groups is 1. The second-order valence-electron chi connectivity index (χ2n) is 7.26. The maximum absolute atomic E-state index is 12.5. The Balaban J connectivity index is 1.46. The van der Waals surface area contributed by atoms with Crippen molar-refractivity contribution in [2.75, 3.05) is 6.61 Å². The minimum absolute atomic E-state index is 0.319. The van der Waals surface area contributed by atoms with E-state index in [0.29, 0.717) is 25.2 Å². The normalized spacial score (nSPS) is 23.0. The van der Waals surface area contributed by atoms with Gasteiger partial charge in [0.1, 0.15) is 5.54 Å². The van der Waals surface area contributed by atoms with E-state index in [1.807, 2.05) is 0 Å². The Morgan fingerprint density at radius 1 is 1.12 bits per heavy atom. The van der Waals surface area contributed by atoms with Crippen molar-refractivity contribution in [3.05, 3.63) is 0 Å². The third kappa shape index (κ3) is 3.93. The molecule has 3 rings (SSSR count). The van der Waals surface area contributed by atoms with Crippen molar-refractivity contribution in [3.63, 3.8) is 0 Å². The van der Waals surface area contributed by atoms with E-state index in [1.54, 1.807) is 0 Å². The molecule has 2 N–H and O–H groups in total. The van der Waals surface area contributed by atoms with Gasteiger partial charge in [-0.1, -0.05) is 32.1 Å². The minimum Gasteiger partial charge on any atom is -0.455 e. The Bertz CT molecular complexity index is 565. The first kappa shape index (κ1) is 17.7. The number of hydrogen-bond acceptors (Lipinski definition) is 5. The summed E-state index contributed by atoms with van der Waals surface area (Å²) in [6.45, 7) is -0.490. The van der Waals surface area contributed by atoms with E-state index in [2.05, 4.69) is 10.7 Å². The van der Waals surface area contributed by atoms with Gasteiger partial charge in [-0.25, -0.2) is 4.79 Å². The molecule has 4 amide bonds. The van der Waals surface area contributed by atoms with Gasteiger partial charge >= 0.3 is 12.0 Å². The molecule has 0 unspecified atom stereocenters. The Morgan fingerprint density at radius 3 is 2.48 bits per heavy atom. The fourth-order valence-electron chi connectivity index (χ4n) is 4.03. The Labute approximate surface area is 146 Å². The molecule has 0 aromatic heterocycles. The summed E-state index contributed by atoms with van der Waals surface area (Å²) in [4.78, 5) is 48.2. The molecule has 1 spiro atoms. The second kappa shape index (κ2) is 7.41. The highest BCUT2D eigenvalue weighted by atomic mass is 16.5. The molecule has 2 saturated carbocycles. The van der Waals surface area contributed by atoms with Crippen LogP contribution in [0.2, 0.25) is 0 Å². The summed E-state index contributed by atoms with van der Waals surface area (Å²) >= 11 is 0. The molecular formula is C17H25N3O5. The fraction of sp³-hybridized carbons (Fsp3) is 0.765. The van der Waals surface area contributed by atoms with Gasteiger partial charge in [0.25, 0.3) is 11.8 Å². The lowest BCUT2D eigenvalue weighted by Crippen LogP contribution is -2.51. The number of amides is 4. The standard InChI is InChI=1S/C17H25N3O5/c21-13(11-25-14(22)10-12-6-2-3-7-12)19-20-15(23)17(18-16(20)24)8-4-1-5-9-17/h12H,1-11H2,(H,18,24)(H,19,21). The van der Waals surface area contributed by atoms with Crippen molar-refractivity contribution in [2.24, 2.45) is 5.92 Å². The number of esters is 1. The average molecular weight is 351 g/mol. The lowest BCUT2D eigenvalue weighted by Gasteiger charge is -2.30. The van der Waals surface area contributed by atoms with Crippen molar-refractivity contribution >= 4 is 23.8 Å². The van der Waals surface area contributed by atoms with Gasteiger partial charge in [0.05, 0.1) is 0 Å². The topological polar surface area (TPSA) is 105 Å². The predicted molar refractivity (Wildman–Crippen MR) is 86.9 cm³/mol. The molecule has 0 aromatic carbocycles. The smallest absolute Gasteiger partial charge is 0.344 e. The van der Waals surface area contributed by atoms with Gasteiger partial charge in [-0.15, -0.1) is 0 Å². The summed E-state index contributed by atoms with van der Waals surface area (Å²) in [7, 11) is 0. The third-order valence-electron chi connectivity index (χ3n) is 5.40. The zero-order chi connectivity index (χ0) is 17.9. The molecule has 8 heteroatoms. The van der Waals surface area contributed by atoms with Crippen LogP contribution in [0, 0.1) is 5.92 Å². The van der Waals surface area contributed by atoms with E-state index in [0.717, 1.165) is 50.0 Å². The van der Waals surface area contributed by atoms with Crippen LogP contribution in [-0.4, -0.2) is 41.0 Å². The highest BCUT2D eigenvalue weighted by Gasteiger charge is 2.52. The average Bonchev–Trinajstić information content (AvgIpc) is 3.17. The van der Waals surface area contributed by atoms with Gasteiger partial charge in [-0.2, -0.15) is 5.01 Å². The van der Waals surface area contributed by atoms with Crippen molar-refractivity contribution < 1.29 is 23.9 Å². The Hall–Kier alpha value is -2.12. The summed E-state index contributed by atoms with van der Waals surface area (Å²) in [5.74, 6) is -1.19. The molecule has 2 aliphatic carbocycles. The molecule has 3 aliphatic rings. The summed E-state index contributed by atoms with van der Waals surface area (Å²) < 4.78 is 4.96. The first-order valence-electron chi connectivity index (χ1n) is 9.12. The molecule has 0 radical (unpaired) electrons. The van der Waals surface area contributed by atoms with E-state index in [4.69, 9.17) is 4.74 Å². The maximum Gasteiger partial charge on any atom is 0.344 e. The summed E-state index contributed by atoms with van der Waals surface area (Å²) in [6, 6.07) is -0.627. The van der Waals surface area contributed by atoms with Crippen LogP contribution in [0.1, 0.15) is 64.2 Å². The van der Waals surface area contributed by atoms with Crippen LogP contribution in [0.15, 0.2) is 0 Å². The van der Waals surface area contributed by atoms with Crippen LogP contribution in [0.25, 0.3) is 0 Å². The summed E-state index contributed by atoms with van der Waals surface area (Å²) in [6.07, 6.45) is 8.56. The molecule has 1 heterocycles. The Kier molecular flexibility index (Phi) is 5.24. The molecule has 25 heavy (non-hydrogen) atoms. The van der Waals surface area contributed by atoms with Crippen molar-refractivity contribution in [3.8, 4) is 0 Å². The number of rotatable bonds is 5. The van der Waals surface area contributed by atoms with E-state index in [-0.39, 0.29) is 0 Å². The van der Waals surface area contributed by atoms with Gasteiger partial charge in [0.15, 0.2) is 6.61 Å². The number of nitrogens with zero attached hydrogens (tertiary/aromatic N) is 1. The lowest BCUT2D eigenvalue weighted by atomic mass is 9.82. The largest absolute Gasteiger partial charge is 0.455 e. The fourth-order valence-corrected chi connectivity index (χ4v) is 4.03. The summed E-state index contributed by atoms with van der Waals surface area (Å²) in [5, 5.41) is 3.42. The summed E-state index contributed by atoms with van der Waals surface area (Å²) in [5.41, 5.74) is 1.37. The molecule has 3 fully saturated rings. The highest BCUT2D eigenvalue weighted by molar-refractivity contribution is 6.08. The van der Waals surface area contributed by atoms with Gasteiger partial charge in [0, 0.05) is 6.42 Å². The van der Waals surface area contributed by atoms with Crippen LogP contribution >= 0.6 is 0 Å². The van der Waals surface area contributed by atoms with Crippen LogP contribution in [0.4, 0.5) is 4.79 Å². The molecule has 8 nitrogen and oxygen atoms in total. The monoisotopic (exact) mass is 351 g/mol. The SMILES string of the molecule is O=C(COC(=O)CC1CCCC1)NN1C(=O)NC2(CCCCC2)C1=O. The first-order chi connectivity index (χ1) is 12.0. The van der Waals surface area contributed by atoms with Gasteiger partial charge in [0.2, 0.25) is 0 Å². The van der Waals surface area contributed by atoms with Gasteiger partial charge < -0.3 is 10.1 Å². The minimum atomic E-state index is -0.887. The number of ether oxygens (including phenoxy) is 1. The van der Waals surface area contributed by atoms with Crippen molar-refractivity contribution in [2.45, 2.75) is 69.7 Å². The molecule has 0 aromatic rings. The van der Waals surface area contributed by atoms with Crippen molar-refractivity contribution in [1.29, 1.82) is 0 Å². The number of carbonyl (C=O) groups is 4. The number of hydrazine groups is 1. The van der Waals surface area contributed by atoms with Crippen molar-refractivity contribution in [1.82, 2.24) is 15.8 Å². The molecular weight excluding hydrogens is 326 g/mol. The molecule has 0 atom stereocenters. The van der Waals surface area contributed by atoms with E-state index < -0.39 is 36.0 Å². The molecule has 1 saturated heterocycles. The van der Waals surface area contributed by atoms with Gasteiger partial charge in [-0.05, 0) is 31.6 Å². The molecule has 0 bridgehead atoms. The maximum atomic E-state index is 12.5. The van der Waals surface area contributed by atoms with Crippen LogP contribution < -0.4 is 10.7 Å². The number of carbonyl (C=O) groups excluding carboxylic acids is 4. The lowest BCUT2D eigenvalue weighted by molar-refractivity contribution is -0.151. The third-order valence-corrected chi connectivity index (χ3v) is 5.40. The predicted octanol–water partition coefficient (Wildman–Crippen LogP) is 1.40. The zero-order valence-electron chi connectivity index (χ0n) is 14.3. The van der Waals surface area contributed by atoms with E-state index in [1.165, 1.54) is 0 Å². The number of hydrogen-bond donors (Lipinski definition) is 2. The first-order valence-corrected chi connectivity index (χ1v) is 9.12. The number of nitrogens with one attached hydrogen (secondary N) is 2. The zero-order valence-corrected chi connectivity index (χ0v) is 14.3. The van der Waals surface area contributed by atoms with E-state index >= 15 is 0 Å². The quantitative estimate of drug-likeness (QED) is 0.575. The molecule has 1 aliphatic heterocycles. The highest BCUT2D eigenvalue weighted by Crippen LogP contribution is 2.33.